The Bertz CT molecular complexity index is 894. The van der Waals surface area contributed by atoms with E-state index in [1.165, 1.54) is 16.0 Å². The molecule has 1 atom stereocenters. The molecule has 5 nitrogen and oxygen atoms in total. The summed E-state index contributed by atoms with van der Waals surface area (Å²) in [7, 11) is -3.39. The molecular weight excluding hydrogens is 392 g/mol. The molecule has 3 rings (SSSR count). The topological polar surface area (TPSA) is 58.6 Å². The summed E-state index contributed by atoms with van der Waals surface area (Å²) in [6, 6.07) is 12.3. The summed E-state index contributed by atoms with van der Waals surface area (Å²) in [5.74, 6) is 0. The molecule has 1 aromatic heterocycles. The summed E-state index contributed by atoms with van der Waals surface area (Å²) in [6.07, 6.45) is 0. The lowest BCUT2D eigenvalue weighted by Gasteiger charge is -2.27. The van der Waals surface area contributed by atoms with Gasteiger partial charge in [0.15, 0.2) is 0 Å². The minimum Gasteiger partial charge on any atom is -0.379 e. The van der Waals surface area contributed by atoms with Crippen molar-refractivity contribution in [2.75, 3.05) is 26.3 Å². The van der Waals surface area contributed by atoms with Crippen LogP contribution in [0.5, 0.6) is 0 Å². The van der Waals surface area contributed by atoms with Crippen LogP contribution < -0.4 is 4.72 Å². The molecule has 0 spiro atoms. The van der Waals surface area contributed by atoms with E-state index in [4.69, 9.17) is 4.74 Å². The zero-order valence-electron chi connectivity index (χ0n) is 17.1. The van der Waals surface area contributed by atoms with Crippen molar-refractivity contribution in [3.05, 3.63) is 46.8 Å². The van der Waals surface area contributed by atoms with E-state index >= 15 is 0 Å². The number of sulfonamides is 1. The first kappa shape index (κ1) is 21.5. The molecule has 7 heteroatoms. The number of nitrogens with zero attached hydrogens (tertiary/aromatic N) is 1. The van der Waals surface area contributed by atoms with E-state index in [0.29, 0.717) is 0 Å². The smallest absolute Gasteiger partial charge is 0.217 e. The van der Waals surface area contributed by atoms with Crippen LogP contribution in [0.2, 0.25) is 0 Å². The quantitative estimate of drug-likeness (QED) is 0.764. The Hall–Kier alpha value is -1.25. The molecule has 1 aromatic carbocycles. The average molecular weight is 423 g/mol. The Kier molecular flexibility index (Phi) is 6.61. The van der Waals surface area contributed by atoms with Gasteiger partial charge in [-0.3, -0.25) is 4.90 Å². The van der Waals surface area contributed by atoms with Crippen LogP contribution in [0.15, 0.2) is 36.4 Å². The second-order valence-corrected chi connectivity index (χ2v) is 11.8. The molecule has 28 heavy (non-hydrogen) atoms. The fourth-order valence-electron chi connectivity index (χ4n) is 3.10. The zero-order valence-corrected chi connectivity index (χ0v) is 18.7. The fourth-order valence-corrected chi connectivity index (χ4v) is 5.19. The van der Waals surface area contributed by atoms with Gasteiger partial charge in [-0.2, -0.15) is 0 Å². The first-order valence-electron chi connectivity index (χ1n) is 9.67. The van der Waals surface area contributed by atoms with Crippen molar-refractivity contribution in [2.24, 2.45) is 0 Å². The largest absolute Gasteiger partial charge is 0.379 e. The first-order chi connectivity index (χ1) is 13.2. The molecule has 2 aromatic rings. The normalized spacial score (nSPS) is 17.6. The van der Waals surface area contributed by atoms with E-state index in [0.717, 1.165) is 37.7 Å². The Morgan fingerprint density at radius 2 is 1.82 bits per heavy atom. The standard InChI is InChI=1S/C21H30N2O3S2/c1-16(22-28(24,25)21(2,3)4)19-9-10-20(27-19)18-8-6-5-7-17(18)15-23-11-13-26-14-12-23/h5-10,16,22H,11-15H2,1-4H3/t16-/m1/s1. The van der Waals surface area contributed by atoms with Crippen LogP contribution in [0.1, 0.15) is 44.2 Å². The minimum absolute atomic E-state index is 0.255. The van der Waals surface area contributed by atoms with Crippen LogP contribution in [0, 0.1) is 0 Å². The van der Waals surface area contributed by atoms with Crippen LogP contribution in [0.3, 0.4) is 0 Å². The maximum Gasteiger partial charge on any atom is 0.217 e. The van der Waals surface area contributed by atoms with Crippen molar-refractivity contribution in [2.45, 2.75) is 45.0 Å². The molecule has 1 saturated heterocycles. The predicted octanol–water partition coefficient (Wildman–Crippen LogP) is 4.03. The zero-order chi connectivity index (χ0) is 20.4. The van der Waals surface area contributed by atoms with E-state index in [-0.39, 0.29) is 6.04 Å². The first-order valence-corrected chi connectivity index (χ1v) is 12.0. The molecular formula is C21H30N2O3S2. The summed E-state index contributed by atoms with van der Waals surface area (Å²) >= 11 is 1.65. The van der Waals surface area contributed by atoms with Gasteiger partial charge in [-0.1, -0.05) is 24.3 Å². The van der Waals surface area contributed by atoms with Crippen LogP contribution in [0.25, 0.3) is 10.4 Å². The number of ether oxygens (including phenoxy) is 1. The van der Waals surface area contributed by atoms with Crippen LogP contribution >= 0.6 is 11.3 Å². The molecule has 1 N–H and O–H groups in total. The van der Waals surface area contributed by atoms with E-state index in [1.807, 2.05) is 13.0 Å². The number of benzene rings is 1. The highest BCUT2D eigenvalue weighted by Gasteiger charge is 2.30. The van der Waals surface area contributed by atoms with E-state index in [1.54, 1.807) is 32.1 Å². The third kappa shape index (κ3) is 5.02. The molecule has 0 bridgehead atoms. The van der Waals surface area contributed by atoms with Crippen molar-refractivity contribution in [1.29, 1.82) is 0 Å². The summed E-state index contributed by atoms with van der Waals surface area (Å²) in [5, 5.41) is 0. The molecule has 0 unspecified atom stereocenters. The highest BCUT2D eigenvalue weighted by atomic mass is 32.2. The Balaban J connectivity index is 1.78. The summed E-state index contributed by atoms with van der Waals surface area (Å²) in [4.78, 5) is 4.60. The van der Waals surface area contributed by atoms with Crippen molar-refractivity contribution in [3.8, 4) is 10.4 Å². The average Bonchev–Trinajstić information content (AvgIpc) is 3.12. The van der Waals surface area contributed by atoms with Crippen molar-refractivity contribution < 1.29 is 13.2 Å². The number of morpholine rings is 1. The van der Waals surface area contributed by atoms with Crippen LogP contribution in [-0.2, 0) is 21.3 Å². The fraction of sp³-hybridized carbons (Fsp3) is 0.524. The van der Waals surface area contributed by atoms with Gasteiger partial charge in [0.05, 0.1) is 24.0 Å². The van der Waals surface area contributed by atoms with Gasteiger partial charge in [0.1, 0.15) is 0 Å². The van der Waals surface area contributed by atoms with E-state index in [9.17, 15) is 8.42 Å². The lowest BCUT2D eigenvalue weighted by atomic mass is 10.1. The van der Waals surface area contributed by atoms with Gasteiger partial charge >= 0.3 is 0 Å². The summed E-state index contributed by atoms with van der Waals surface area (Å²) in [5.41, 5.74) is 2.51. The number of hydrogen-bond donors (Lipinski definition) is 1. The Morgan fingerprint density at radius 1 is 1.14 bits per heavy atom. The molecule has 2 heterocycles. The Morgan fingerprint density at radius 3 is 2.50 bits per heavy atom. The number of hydrogen-bond acceptors (Lipinski definition) is 5. The summed E-state index contributed by atoms with van der Waals surface area (Å²) < 4.78 is 32.4. The Labute approximate surface area is 172 Å². The summed E-state index contributed by atoms with van der Waals surface area (Å²) in [6.45, 7) is 11.4. The van der Waals surface area contributed by atoms with Crippen LogP contribution in [0.4, 0.5) is 0 Å². The maximum atomic E-state index is 12.5. The highest BCUT2D eigenvalue weighted by Crippen LogP contribution is 2.34. The third-order valence-corrected chi connectivity index (χ3v) is 8.55. The molecule has 0 aliphatic carbocycles. The van der Waals surface area contributed by atoms with E-state index < -0.39 is 14.8 Å². The second kappa shape index (κ2) is 8.63. The highest BCUT2D eigenvalue weighted by molar-refractivity contribution is 7.90. The van der Waals surface area contributed by atoms with Gasteiger partial charge in [0.25, 0.3) is 0 Å². The number of thiophene rings is 1. The third-order valence-electron chi connectivity index (χ3n) is 4.97. The monoisotopic (exact) mass is 422 g/mol. The van der Waals surface area contributed by atoms with Gasteiger partial charge in [0, 0.05) is 29.4 Å². The SMILES string of the molecule is C[C@@H](NS(=O)(=O)C(C)(C)C)c1ccc(-c2ccccc2CN2CCOCC2)s1. The van der Waals surface area contributed by atoms with Gasteiger partial charge < -0.3 is 4.74 Å². The van der Waals surface area contributed by atoms with Crippen LogP contribution in [-0.4, -0.2) is 44.4 Å². The number of rotatable bonds is 6. The van der Waals surface area contributed by atoms with Gasteiger partial charge in [-0.15, -0.1) is 11.3 Å². The maximum absolute atomic E-state index is 12.5. The minimum atomic E-state index is -3.39. The predicted molar refractivity (Wildman–Crippen MR) is 116 cm³/mol. The van der Waals surface area contributed by atoms with Gasteiger partial charge in [0.2, 0.25) is 10.0 Å². The van der Waals surface area contributed by atoms with Crippen molar-refractivity contribution in [3.63, 3.8) is 0 Å². The molecule has 1 aliphatic rings. The molecule has 0 radical (unpaired) electrons. The second-order valence-electron chi connectivity index (χ2n) is 8.20. The molecule has 1 aliphatic heterocycles. The van der Waals surface area contributed by atoms with Gasteiger partial charge in [-0.25, -0.2) is 13.1 Å². The lowest BCUT2D eigenvalue weighted by molar-refractivity contribution is 0.0342. The lowest BCUT2D eigenvalue weighted by Crippen LogP contribution is -2.40. The van der Waals surface area contributed by atoms with Crippen molar-refractivity contribution >= 4 is 21.4 Å². The van der Waals surface area contributed by atoms with E-state index in [2.05, 4.69) is 40.0 Å². The molecule has 0 saturated carbocycles. The molecule has 1 fully saturated rings. The molecule has 154 valence electrons. The van der Waals surface area contributed by atoms with Gasteiger partial charge in [-0.05, 0) is 51.0 Å². The number of nitrogens with one attached hydrogen (secondary N) is 1. The van der Waals surface area contributed by atoms with Crippen molar-refractivity contribution in [1.82, 2.24) is 9.62 Å². The molecule has 0 amide bonds.